The molecule has 1 N–H and O–H groups in total. The summed E-state index contributed by atoms with van der Waals surface area (Å²) in [5, 5.41) is 9.17. The van der Waals surface area contributed by atoms with Gasteiger partial charge < -0.3 is 15.0 Å². The van der Waals surface area contributed by atoms with Crippen molar-refractivity contribution in [1.29, 1.82) is 0 Å². The van der Waals surface area contributed by atoms with Crippen LogP contribution in [0.1, 0.15) is 5.82 Å². The molecule has 1 aliphatic rings. The van der Waals surface area contributed by atoms with Crippen molar-refractivity contribution in [1.82, 2.24) is 30.0 Å². The first-order valence-corrected chi connectivity index (χ1v) is 12.1. The highest BCUT2D eigenvalue weighted by Crippen LogP contribution is 2.31. The molecule has 1 aliphatic heterocycles. The molecule has 0 saturated carbocycles. The quantitative estimate of drug-likeness (QED) is 0.395. The first-order valence-electron chi connectivity index (χ1n) is 12.1. The zero-order valence-electron chi connectivity index (χ0n) is 20.1. The summed E-state index contributed by atoms with van der Waals surface area (Å²) in [4.78, 5) is 16.1. The minimum atomic E-state index is 0.301. The number of pyridine rings is 1. The molecule has 0 spiro atoms. The Kier molecular flexibility index (Phi) is 6.01. The van der Waals surface area contributed by atoms with Gasteiger partial charge in [0.2, 0.25) is 0 Å². The van der Waals surface area contributed by atoms with Crippen LogP contribution in [-0.4, -0.2) is 50.9 Å². The molecule has 0 atom stereocenters. The maximum absolute atomic E-state index is 6.10. The zero-order valence-corrected chi connectivity index (χ0v) is 20.1. The molecule has 0 radical (unpaired) electrons. The molecule has 3 aromatic heterocycles. The first-order chi connectivity index (χ1) is 17.7. The van der Waals surface area contributed by atoms with Crippen molar-refractivity contribution >= 4 is 16.7 Å². The van der Waals surface area contributed by atoms with Crippen molar-refractivity contribution in [2.75, 3.05) is 31.1 Å². The number of hydrogen-bond acceptors (Lipinski definition) is 7. The molecule has 8 nitrogen and oxygen atoms in total. The maximum Gasteiger partial charge on any atom is 0.168 e. The largest absolute Gasteiger partial charge is 0.486 e. The van der Waals surface area contributed by atoms with Gasteiger partial charge in [0.1, 0.15) is 23.9 Å². The lowest BCUT2D eigenvalue weighted by molar-refractivity contribution is 0.296. The van der Waals surface area contributed by atoms with Crippen molar-refractivity contribution in [3.8, 4) is 28.1 Å². The summed E-state index contributed by atoms with van der Waals surface area (Å²) in [6.07, 6.45) is 5.62. The number of anilines is 1. The number of ether oxygens (including phenoxy) is 1. The Morgan fingerprint density at radius 3 is 2.47 bits per heavy atom. The summed E-state index contributed by atoms with van der Waals surface area (Å²) in [6.45, 7) is 4.07. The number of nitrogens with one attached hydrogen (secondary N) is 1. The Balaban J connectivity index is 1.23. The molecular formula is C28H27N7O. The molecule has 0 bridgehead atoms. The van der Waals surface area contributed by atoms with Crippen molar-refractivity contribution in [2.45, 2.75) is 6.61 Å². The van der Waals surface area contributed by atoms with Crippen LogP contribution in [0.25, 0.3) is 33.3 Å². The van der Waals surface area contributed by atoms with Crippen molar-refractivity contribution < 1.29 is 4.74 Å². The van der Waals surface area contributed by atoms with E-state index < -0.39 is 0 Å². The van der Waals surface area contributed by atoms with Crippen LogP contribution in [0.15, 0.2) is 79.3 Å². The van der Waals surface area contributed by atoms with E-state index in [1.165, 1.54) is 0 Å². The maximum atomic E-state index is 6.10. The van der Waals surface area contributed by atoms with E-state index in [1.807, 2.05) is 72.5 Å². The number of hydrogen-bond donors (Lipinski definition) is 1. The summed E-state index contributed by atoms with van der Waals surface area (Å²) >= 11 is 0. The molecule has 5 aromatic rings. The number of rotatable bonds is 6. The summed E-state index contributed by atoms with van der Waals surface area (Å²) in [6, 6.07) is 20.2. The summed E-state index contributed by atoms with van der Waals surface area (Å²) in [5.74, 6) is 2.42. The third-order valence-electron chi connectivity index (χ3n) is 6.36. The van der Waals surface area contributed by atoms with Gasteiger partial charge in [0, 0.05) is 68.3 Å². The van der Waals surface area contributed by atoms with Crippen molar-refractivity contribution in [3.05, 3.63) is 85.1 Å². The molecule has 180 valence electrons. The second-order valence-electron chi connectivity index (χ2n) is 8.83. The van der Waals surface area contributed by atoms with Crippen molar-refractivity contribution in [2.24, 2.45) is 7.05 Å². The molecule has 0 unspecified atom stereocenters. The van der Waals surface area contributed by atoms with E-state index in [9.17, 15) is 0 Å². The van der Waals surface area contributed by atoms with Gasteiger partial charge in [-0.3, -0.25) is 9.67 Å². The third-order valence-corrected chi connectivity index (χ3v) is 6.36. The van der Waals surface area contributed by atoms with Crippen LogP contribution < -0.4 is 15.0 Å². The van der Waals surface area contributed by atoms with Gasteiger partial charge in [0.05, 0.1) is 5.52 Å². The van der Waals surface area contributed by atoms with Gasteiger partial charge in [0.15, 0.2) is 5.82 Å². The zero-order chi connectivity index (χ0) is 24.3. The smallest absolute Gasteiger partial charge is 0.168 e. The first kappa shape index (κ1) is 22.2. The Hall–Kier alpha value is -4.30. The van der Waals surface area contributed by atoms with Gasteiger partial charge in [-0.1, -0.05) is 12.1 Å². The second kappa shape index (κ2) is 9.75. The highest BCUT2D eigenvalue weighted by molar-refractivity contribution is 5.89. The summed E-state index contributed by atoms with van der Waals surface area (Å²) in [5.41, 5.74) is 5.04. The van der Waals surface area contributed by atoms with E-state index in [-0.39, 0.29) is 0 Å². The molecule has 36 heavy (non-hydrogen) atoms. The molecule has 1 saturated heterocycles. The number of nitrogens with zero attached hydrogens (tertiary/aromatic N) is 6. The van der Waals surface area contributed by atoms with Crippen molar-refractivity contribution in [3.63, 3.8) is 0 Å². The van der Waals surface area contributed by atoms with E-state index in [0.29, 0.717) is 12.4 Å². The van der Waals surface area contributed by atoms with Gasteiger partial charge in [-0.25, -0.2) is 9.97 Å². The average molecular weight is 478 g/mol. The molecule has 1 fully saturated rings. The SMILES string of the molecule is Cn1cc(-c2ccncc2)c(-c2ccc(OCc3nc(N4CCNCC4)c4ccccc4n3)cc2)n1. The van der Waals surface area contributed by atoms with Gasteiger partial charge in [0.25, 0.3) is 0 Å². The highest BCUT2D eigenvalue weighted by atomic mass is 16.5. The molecule has 0 aliphatic carbocycles. The topological polar surface area (TPSA) is 81.0 Å². The Bertz CT molecular complexity index is 1480. The fourth-order valence-corrected chi connectivity index (χ4v) is 4.59. The van der Waals surface area contributed by atoms with Crippen LogP contribution in [0.5, 0.6) is 5.75 Å². The van der Waals surface area contributed by atoms with E-state index in [1.54, 1.807) is 12.4 Å². The number of aryl methyl sites for hydroxylation is 1. The highest BCUT2D eigenvalue weighted by Gasteiger charge is 2.17. The molecule has 2 aromatic carbocycles. The molecule has 0 amide bonds. The van der Waals surface area contributed by atoms with E-state index in [4.69, 9.17) is 14.7 Å². The minimum absolute atomic E-state index is 0.301. The van der Waals surface area contributed by atoms with Crippen LogP contribution in [-0.2, 0) is 13.7 Å². The van der Waals surface area contributed by atoms with Crippen LogP contribution >= 0.6 is 0 Å². The third kappa shape index (κ3) is 4.50. The Morgan fingerprint density at radius 1 is 0.889 bits per heavy atom. The standard InChI is InChI=1S/C28H27N7O/c1-34-18-24(20-10-12-29-13-11-20)27(33-34)21-6-8-22(9-7-21)36-19-26-31-25-5-3-2-4-23(25)28(32-26)35-16-14-30-15-17-35/h2-13,18,30H,14-17,19H2,1H3. The number of fused-ring (bicyclic) bond motifs is 1. The van der Waals surface area contributed by atoms with Gasteiger partial charge >= 0.3 is 0 Å². The molecule has 4 heterocycles. The number of benzene rings is 2. The Morgan fingerprint density at radius 2 is 1.67 bits per heavy atom. The van der Waals surface area contributed by atoms with E-state index in [2.05, 4.69) is 26.4 Å². The van der Waals surface area contributed by atoms with Crippen LogP contribution in [0.3, 0.4) is 0 Å². The average Bonchev–Trinajstić information content (AvgIpc) is 3.34. The molecule has 6 rings (SSSR count). The predicted octanol–water partition coefficient (Wildman–Crippen LogP) is 4.08. The monoisotopic (exact) mass is 477 g/mol. The fraction of sp³-hybridized carbons (Fsp3) is 0.214. The van der Waals surface area contributed by atoms with E-state index in [0.717, 1.165) is 71.0 Å². The minimum Gasteiger partial charge on any atom is -0.486 e. The van der Waals surface area contributed by atoms with Crippen LogP contribution in [0.2, 0.25) is 0 Å². The Labute approximate surface area is 209 Å². The van der Waals surface area contributed by atoms with Gasteiger partial charge in [-0.05, 0) is 54.1 Å². The number of para-hydroxylation sites is 1. The van der Waals surface area contributed by atoms with Crippen LogP contribution in [0.4, 0.5) is 5.82 Å². The number of piperazine rings is 1. The lowest BCUT2D eigenvalue weighted by Crippen LogP contribution is -2.44. The molecular weight excluding hydrogens is 450 g/mol. The van der Waals surface area contributed by atoms with Gasteiger partial charge in [-0.15, -0.1) is 0 Å². The number of aromatic nitrogens is 5. The van der Waals surface area contributed by atoms with E-state index >= 15 is 0 Å². The lowest BCUT2D eigenvalue weighted by atomic mass is 10.0. The molecule has 8 heteroatoms. The summed E-state index contributed by atoms with van der Waals surface area (Å²) in [7, 11) is 1.93. The second-order valence-corrected chi connectivity index (χ2v) is 8.83. The van der Waals surface area contributed by atoms with Gasteiger partial charge in [-0.2, -0.15) is 5.10 Å². The predicted molar refractivity (Wildman–Crippen MR) is 141 cm³/mol. The summed E-state index contributed by atoms with van der Waals surface area (Å²) < 4.78 is 7.94. The van der Waals surface area contributed by atoms with Crippen LogP contribution in [0, 0.1) is 0 Å². The normalized spacial score (nSPS) is 13.8. The lowest BCUT2D eigenvalue weighted by Gasteiger charge is -2.29. The fourth-order valence-electron chi connectivity index (χ4n) is 4.59.